The summed E-state index contributed by atoms with van der Waals surface area (Å²) < 4.78 is 2.08. The van der Waals surface area contributed by atoms with Crippen molar-refractivity contribution in [1.29, 1.82) is 0 Å². The summed E-state index contributed by atoms with van der Waals surface area (Å²) in [5.74, 6) is 1.43. The van der Waals surface area contributed by atoms with E-state index in [0.29, 0.717) is 24.8 Å². The zero-order chi connectivity index (χ0) is 27.6. The lowest BCUT2D eigenvalue weighted by atomic mass is 9.95. The molecule has 1 saturated carbocycles. The first-order valence-corrected chi connectivity index (χ1v) is 18.0. The summed E-state index contributed by atoms with van der Waals surface area (Å²) in [6, 6.07) is 9.05. The summed E-state index contributed by atoms with van der Waals surface area (Å²) in [6.45, 7) is 4.00. The predicted molar refractivity (Wildman–Crippen MR) is 170 cm³/mol. The molecule has 1 fully saturated rings. The number of carbonyl (C=O) groups excluding carboxylic acids is 1. The van der Waals surface area contributed by atoms with Gasteiger partial charge in [0.15, 0.2) is 17.0 Å². The van der Waals surface area contributed by atoms with Gasteiger partial charge in [0.2, 0.25) is 5.95 Å². The summed E-state index contributed by atoms with van der Waals surface area (Å²) >= 11 is 2.36. The average molecular weight is 655 g/mol. The molecule has 0 saturated heterocycles. The van der Waals surface area contributed by atoms with Crippen molar-refractivity contribution in [2.75, 3.05) is 17.7 Å². The molecule has 3 aromatic rings. The molecule has 0 aliphatic heterocycles. The molecule has 1 aliphatic rings. The zero-order valence-electron chi connectivity index (χ0n) is 23.0. The van der Waals surface area contributed by atoms with Crippen LogP contribution in [-0.2, 0) is 11.2 Å². The normalized spacial score (nSPS) is 13.5. The fourth-order valence-electron chi connectivity index (χ4n) is 4.53. The number of imidazole rings is 1. The van der Waals surface area contributed by atoms with Crippen LogP contribution < -0.4 is 10.6 Å². The Morgan fingerprint density at radius 3 is 2.39 bits per heavy atom. The average Bonchev–Trinajstić information content (AvgIpc) is 3.39. The number of carbonyl (C=O) groups is 1. The minimum atomic E-state index is 0.455. The van der Waals surface area contributed by atoms with Gasteiger partial charge >= 0.3 is 0 Å². The monoisotopic (exact) mass is 654 g/mol. The van der Waals surface area contributed by atoms with Gasteiger partial charge in [0.05, 0.1) is 6.37 Å². The van der Waals surface area contributed by atoms with Crippen LogP contribution in [0, 0.1) is 0 Å². The van der Waals surface area contributed by atoms with E-state index in [1.165, 1.54) is 56.9 Å². The van der Waals surface area contributed by atoms with Gasteiger partial charge in [-0.15, -0.1) is 0 Å². The second-order valence-corrected chi connectivity index (χ2v) is 11.1. The smallest absolute Gasteiger partial charge is 0.231 e. The molecule has 1 atom stereocenters. The summed E-state index contributed by atoms with van der Waals surface area (Å²) in [6.07, 6.45) is 17.2. The Kier molecular flexibility index (Phi) is 16.4. The van der Waals surface area contributed by atoms with Gasteiger partial charge in [-0.25, -0.2) is 4.98 Å². The summed E-state index contributed by atoms with van der Waals surface area (Å²) in [5, 5.41) is 14.1. The second kappa shape index (κ2) is 19.3. The van der Waals surface area contributed by atoms with Crippen LogP contribution in [0.2, 0.25) is 0 Å². The first-order valence-electron chi connectivity index (χ1n) is 13.9. The van der Waals surface area contributed by atoms with Crippen LogP contribution in [0.15, 0.2) is 30.6 Å². The Hall–Kier alpha value is -1.84. The standard InChI is InChI=1S/C25H34IN6OP.C2H6.CH4O/c26-34-32-18-27-22-23(28-20-11-7-5-8-12-20)30-25(31-24(22)32)29-21-15-13-19(14-16-21)10-6-3-1-2-4-9-17-33;2*1-2/h13-18,20,34H,1-12H2,(H2,28,29,30,31);1-2H3;2H,1H3. The van der Waals surface area contributed by atoms with E-state index < -0.39 is 0 Å². The third-order valence-corrected chi connectivity index (χ3v) is 8.50. The number of aliphatic hydroxyl groups is 1. The summed E-state index contributed by atoms with van der Waals surface area (Å²) in [5.41, 5.74) is 4.05. The topological polar surface area (TPSA) is 105 Å². The number of hydrogen-bond donors (Lipinski definition) is 3. The van der Waals surface area contributed by atoms with Gasteiger partial charge in [-0.1, -0.05) is 64.5 Å². The van der Waals surface area contributed by atoms with E-state index in [4.69, 9.17) is 15.1 Å². The molecular weight excluding hydrogens is 610 g/mol. The van der Waals surface area contributed by atoms with Gasteiger partial charge in [-0.3, -0.25) is 4.34 Å². The number of hydrogen-bond acceptors (Lipinski definition) is 7. The highest BCUT2D eigenvalue weighted by Gasteiger charge is 2.18. The molecule has 2 heterocycles. The summed E-state index contributed by atoms with van der Waals surface area (Å²) in [7, 11) is 1.00. The largest absolute Gasteiger partial charge is 0.400 e. The molecule has 0 amide bonds. The number of halogens is 1. The highest BCUT2D eigenvalue weighted by atomic mass is 127. The van der Waals surface area contributed by atoms with E-state index in [1.807, 2.05) is 20.2 Å². The van der Waals surface area contributed by atoms with Crippen molar-refractivity contribution < 1.29 is 9.90 Å². The van der Waals surface area contributed by atoms with Crippen LogP contribution in [0.1, 0.15) is 90.0 Å². The maximum absolute atomic E-state index is 10.4. The first kappa shape index (κ1) is 32.4. The molecule has 1 aliphatic carbocycles. The maximum Gasteiger partial charge on any atom is 0.231 e. The molecule has 3 N–H and O–H groups in total. The molecule has 38 heavy (non-hydrogen) atoms. The highest BCUT2D eigenvalue weighted by molar-refractivity contribution is 14.2. The quantitative estimate of drug-likeness (QED) is 0.0747. The van der Waals surface area contributed by atoms with Gasteiger partial charge in [0.1, 0.15) is 12.6 Å². The molecule has 8 nitrogen and oxygen atoms in total. The second-order valence-electron chi connectivity index (χ2n) is 9.04. The Balaban J connectivity index is 0.00000121. The Labute approximate surface area is 242 Å². The van der Waals surface area contributed by atoms with Crippen molar-refractivity contribution >= 4 is 63.3 Å². The molecule has 0 radical (unpaired) electrons. The van der Waals surface area contributed by atoms with Crippen LogP contribution in [0.25, 0.3) is 11.2 Å². The Morgan fingerprint density at radius 1 is 1.03 bits per heavy atom. The predicted octanol–water partition coefficient (Wildman–Crippen LogP) is 7.82. The van der Waals surface area contributed by atoms with Gasteiger partial charge < -0.3 is 20.5 Å². The fraction of sp³-hybridized carbons (Fsp3) is 0.571. The van der Waals surface area contributed by atoms with Gasteiger partial charge in [-0.05, 0) is 71.8 Å². The van der Waals surface area contributed by atoms with Crippen molar-refractivity contribution in [3.8, 4) is 0 Å². The number of benzene rings is 1. The van der Waals surface area contributed by atoms with Crippen molar-refractivity contribution in [1.82, 2.24) is 19.3 Å². The molecule has 210 valence electrons. The number of rotatable bonds is 13. The van der Waals surface area contributed by atoms with E-state index >= 15 is 0 Å². The molecule has 1 aromatic carbocycles. The number of fused-ring (bicyclic) bond motifs is 1. The molecule has 0 bridgehead atoms. The Morgan fingerprint density at radius 2 is 1.71 bits per heavy atom. The van der Waals surface area contributed by atoms with Crippen LogP contribution in [0.3, 0.4) is 0 Å². The molecular formula is C28H44IN6O2P. The van der Waals surface area contributed by atoms with E-state index in [2.05, 4.69) is 66.3 Å². The lowest BCUT2D eigenvalue weighted by Gasteiger charge is -2.23. The third-order valence-electron chi connectivity index (χ3n) is 6.43. The third kappa shape index (κ3) is 10.4. The number of aldehydes is 1. The number of aromatic nitrogens is 4. The molecule has 10 heteroatoms. The minimum absolute atomic E-state index is 0.455. The maximum atomic E-state index is 10.4. The zero-order valence-corrected chi connectivity index (χ0v) is 26.2. The van der Waals surface area contributed by atoms with Gasteiger partial charge in [-0.2, -0.15) is 9.97 Å². The van der Waals surface area contributed by atoms with Gasteiger partial charge in [0, 0.05) is 25.3 Å². The van der Waals surface area contributed by atoms with Crippen LogP contribution in [-0.4, -0.2) is 43.8 Å². The number of anilines is 3. The van der Waals surface area contributed by atoms with Crippen LogP contribution in [0.4, 0.5) is 17.5 Å². The van der Waals surface area contributed by atoms with Crippen molar-refractivity contribution in [2.24, 2.45) is 0 Å². The lowest BCUT2D eigenvalue weighted by Crippen LogP contribution is -2.23. The van der Waals surface area contributed by atoms with E-state index in [1.54, 1.807) is 0 Å². The van der Waals surface area contributed by atoms with E-state index in [0.717, 1.165) is 55.3 Å². The SMILES string of the molecule is CC.CO.O=CCCCCCCCc1ccc(Nc2nc(NC3CCCCC3)c3ncn(PI)c3n2)cc1. The molecule has 0 spiro atoms. The van der Waals surface area contributed by atoms with Crippen LogP contribution in [0.5, 0.6) is 0 Å². The summed E-state index contributed by atoms with van der Waals surface area (Å²) in [4.78, 5) is 24.6. The first-order chi connectivity index (χ1) is 18.8. The lowest BCUT2D eigenvalue weighted by molar-refractivity contribution is -0.107. The highest BCUT2D eigenvalue weighted by Crippen LogP contribution is 2.32. The fourth-order valence-corrected chi connectivity index (χ4v) is 5.93. The van der Waals surface area contributed by atoms with Crippen molar-refractivity contribution in [2.45, 2.75) is 96.9 Å². The number of unbranched alkanes of at least 4 members (excludes halogenated alkanes) is 5. The Bertz CT molecular complexity index is 1060. The molecule has 1 unspecified atom stereocenters. The van der Waals surface area contributed by atoms with E-state index in [9.17, 15) is 4.79 Å². The van der Waals surface area contributed by atoms with E-state index in [-0.39, 0.29) is 0 Å². The van der Waals surface area contributed by atoms with Gasteiger partial charge in [0.25, 0.3) is 0 Å². The number of aliphatic hydroxyl groups excluding tert-OH is 1. The minimum Gasteiger partial charge on any atom is -0.400 e. The van der Waals surface area contributed by atoms with Crippen molar-refractivity contribution in [3.05, 3.63) is 36.2 Å². The number of nitrogens with zero attached hydrogens (tertiary/aromatic N) is 4. The molecule has 2 aromatic heterocycles. The molecule has 4 rings (SSSR count). The number of nitrogens with one attached hydrogen (secondary N) is 2. The number of aryl methyl sites for hydroxylation is 1. The van der Waals surface area contributed by atoms with Crippen LogP contribution >= 0.6 is 28.4 Å². The van der Waals surface area contributed by atoms with Crippen molar-refractivity contribution in [3.63, 3.8) is 0 Å².